The van der Waals surface area contributed by atoms with Crippen LogP contribution in [0.15, 0.2) is 53.5 Å². The molecule has 2 aromatic carbocycles. The van der Waals surface area contributed by atoms with Crippen molar-refractivity contribution in [2.45, 2.75) is 44.9 Å². The second-order valence-electron chi connectivity index (χ2n) is 9.05. The SMILES string of the molecule is CCc1ccc(O)cc1.c1ccc2c(c1)N=C(N1CCNCC1)c1nc(C3CCCC3)sc1N2. The molecule has 3 aromatic rings. The van der Waals surface area contributed by atoms with Gasteiger partial charge in [-0.2, -0.15) is 0 Å². The molecule has 0 atom stereocenters. The predicted octanol–water partition coefficient (Wildman–Crippen LogP) is 5.80. The van der Waals surface area contributed by atoms with Crippen LogP contribution in [0.3, 0.4) is 0 Å². The summed E-state index contributed by atoms with van der Waals surface area (Å²) in [5.41, 5.74) is 4.39. The van der Waals surface area contributed by atoms with Gasteiger partial charge < -0.3 is 20.6 Å². The lowest BCUT2D eigenvalue weighted by atomic mass is 10.1. The number of nitrogens with one attached hydrogen (secondary N) is 2. The molecule has 2 fully saturated rings. The summed E-state index contributed by atoms with van der Waals surface area (Å²) in [7, 11) is 0. The van der Waals surface area contributed by atoms with Gasteiger partial charge in [0.2, 0.25) is 0 Å². The second kappa shape index (κ2) is 10.6. The molecule has 3 heterocycles. The van der Waals surface area contributed by atoms with Crippen molar-refractivity contribution in [1.82, 2.24) is 15.2 Å². The van der Waals surface area contributed by atoms with Crippen LogP contribution in [0.4, 0.5) is 16.4 Å². The van der Waals surface area contributed by atoms with Crippen molar-refractivity contribution in [3.8, 4) is 5.75 Å². The number of para-hydroxylation sites is 2. The molecule has 178 valence electrons. The quantitative estimate of drug-likeness (QED) is 0.437. The summed E-state index contributed by atoms with van der Waals surface area (Å²) in [6.45, 7) is 6.06. The number of hydrogen-bond acceptors (Lipinski definition) is 7. The van der Waals surface area contributed by atoms with Crippen molar-refractivity contribution in [2.75, 3.05) is 31.5 Å². The highest BCUT2D eigenvalue weighted by Gasteiger charge is 2.29. The number of hydrogen-bond donors (Lipinski definition) is 3. The zero-order valence-electron chi connectivity index (χ0n) is 19.8. The molecular weight excluding hydrogens is 442 g/mol. The fourth-order valence-corrected chi connectivity index (χ4v) is 5.86. The number of nitrogens with zero attached hydrogens (tertiary/aromatic N) is 3. The van der Waals surface area contributed by atoms with E-state index in [4.69, 9.17) is 15.1 Å². The van der Waals surface area contributed by atoms with Crippen molar-refractivity contribution < 1.29 is 5.11 Å². The van der Waals surface area contributed by atoms with Gasteiger partial charge in [-0.1, -0.05) is 44.0 Å². The highest BCUT2D eigenvalue weighted by Crippen LogP contribution is 2.43. The number of phenolic OH excluding ortho intramolecular Hbond substituents is 1. The first-order valence-electron chi connectivity index (χ1n) is 12.4. The van der Waals surface area contributed by atoms with E-state index in [1.165, 1.54) is 36.3 Å². The van der Waals surface area contributed by atoms with Crippen LogP contribution in [0.5, 0.6) is 5.75 Å². The minimum atomic E-state index is 0.340. The zero-order chi connectivity index (χ0) is 23.3. The third-order valence-electron chi connectivity index (χ3n) is 6.70. The third-order valence-corrected chi connectivity index (χ3v) is 7.83. The molecule has 6 rings (SSSR count). The van der Waals surface area contributed by atoms with Crippen LogP contribution in [0, 0.1) is 0 Å². The minimum Gasteiger partial charge on any atom is -0.508 e. The molecule has 0 radical (unpaired) electrons. The van der Waals surface area contributed by atoms with Crippen LogP contribution in [-0.4, -0.2) is 47.0 Å². The first kappa shape index (κ1) is 22.9. The molecule has 34 heavy (non-hydrogen) atoms. The van der Waals surface area contributed by atoms with Gasteiger partial charge in [-0.15, -0.1) is 11.3 Å². The van der Waals surface area contributed by atoms with Gasteiger partial charge in [-0.3, -0.25) is 0 Å². The maximum Gasteiger partial charge on any atom is 0.158 e. The van der Waals surface area contributed by atoms with Crippen LogP contribution in [0.25, 0.3) is 0 Å². The van der Waals surface area contributed by atoms with Crippen LogP contribution >= 0.6 is 11.3 Å². The Morgan fingerprint density at radius 2 is 1.76 bits per heavy atom. The Hall–Kier alpha value is -2.90. The van der Waals surface area contributed by atoms with Crippen LogP contribution in [0.2, 0.25) is 0 Å². The molecule has 3 N–H and O–H groups in total. The predicted molar refractivity (Wildman–Crippen MR) is 141 cm³/mol. The number of phenols is 1. The first-order chi connectivity index (χ1) is 16.7. The third kappa shape index (κ3) is 5.10. The molecule has 0 unspecified atom stereocenters. The van der Waals surface area contributed by atoms with E-state index in [1.54, 1.807) is 12.1 Å². The number of piperazine rings is 1. The number of amidine groups is 1. The van der Waals surface area contributed by atoms with Crippen molar-refractivity contribution in [2.24, 2.45) is 4.99 Å². The number of aromatic hydroxyl groups is 1. The topological polar surface area (TPSA) is 72.8 Å². The van der Waals surface area contributed by atoms with Gasteiger partial charge in [0.05, 0.1) is 16.4 Å². The Morgan fingerprint density at radius 1 is 1.03 bits per heavy atom. The average molecular weight is 476 g/mol. The number of aliphatic imine (C=N–C) groups is 1. The second-order valence-corrected chi connectivity index (χ2v) is 10.1. The Morgan fingerprint density at radius 3 is 2.50 bits per heavy atom. The van der Waals surface area contributed by atoms with Gasteiger partial charge >= 0.3 is 0 Å². The molecule has 0 amide bonds. The van der Waals surface area contributed by atoms with Gasteiger partial charge in [0.15, 0.2) is 5.84 Å². The average Bonchev–Trinajstić information content (AvgIpc) is 3.53. The van der Waals surface area contributed by atoms with Gasteiger partial charge in [0, 0.05) is 32.1 Å². The van der Waals surface area contributed by atoms with E-state index in [2.05, 4.69) is 46.7 Å². The molecule has 7 heteroatoms. The number of aryl methyl sites for hydroxylation is 1. The molecule has 1 saturated carbocycles. The molecular formula is C27H33N5OS. The minimum absolute atomic E-state index is 0.340. The molecule has 3 aliphatic rings. The van der Waals surface area contributed by atoms with Crippen molar-refractivity contribution in [3.63, 3.8) is 0 Å². The molecule has 1 saturated heterocycles. The summed E-state index contributed by atoms with van der Waals surface area (Å²) in [6.07, 6.45) is 6.26. The summed E-state index contributed by atoms with van der Waals surface area (Å²) in [6, 6.07) is 15.6. The number of thiazole rings is 1. The van der Waals surface area contributed by atoms with Gasteiger partial charge in [0.25, 0.3) is 0 Å². The lowest BCUT2D eigenvalue weighted by Gasteiger charge is -2.29. The van der Waals surface area contributed by atoms with E-state index in [0.717, 1.165) is 60.5 Å². The Bertz CT molecular complexity index is 1130. The van der Waals surface area contributed by atoms with Gasteiger partial charge in [-0.25, -0.2) is 9.98 Å². The summed E-state index contributed by atoms with van der Waals surface area (Å²) < 4.78 is 0. The molecule has 2 aliphatic heterocycles. The van der Waals surface area contributed by atoms with E-state index in [-0.39, 0.29) is 0 Å². The first-order valence-corrected chi connectivity index (χ1v) is 13.2. The fraction of sp³-hybridized carbons (Fsp3) is 0.407. The monoisotopic (exact) mass is 475 g/mol. The Kier molecular flexibility index (Phi) is 7.11. The van der Waals surface area contributed by atoms with E-state index in [9.17, 15) is 0 Å². The summed E-state index contributed by atoms with van der Waals surface area (Å²) in [5.74, 6) is 2.01. The summed E-state index contributed by atoms with van der Waals surface area (Å²) in [4.78, 5) is 12.5. The fourth-order valence-electron chi connectivity index (χ4n) is 4.72. The number of anilines is 2. The highest BCUT2D eigenvalue weighted by atomic mass is 32.1. The number of aromatic nitrogens is 1. The maximum absolute atomic E-state index is 8.85. The van der Waals surface area contributed by atoms with Crippen molar-refractivity contribution in [3.05, 3.63) is 64.8 Å². The number of benzene rings is 2. The smallest absolute Gasteiger partial charge is 0.158 e. The Balaban J connectivity index is 0.000000227. The van der Waals surface area contributed by atoms with Crippen LogP contribution in [-0.2, 0) is 6.42 Å². The van der Waals surface area contributed by atoms with Crippen LogP contribution in [0.1, 0.15) is 54.8 Å². The van der Waals surface area contributed by atoms with E-state index in [1.807, 2.05) is 23.5 Å². The Labute approximate surface area is 205 Å². The summed E-state index contributed by atoms with van der Waals surface area (Å²) in [5, 5.41) is 18.3. The summed E-state index contributed by atoms with van der Waals surface area (Å²) >= 11 is 1.83. The largest absolute Gasteiger partial charge is 0.508 e. The molecule has 1 aromatic heterocycles. The lowest BCUT2D eigenvalue weighted by molar-refractivity contribution is 0.357. The maximum atomic E-state index is 8.85. The zero-order valence-corrected chi connectivity index (χ0v) is 20.6. The highest BCUT2D eigenvalue weighted by molar-refractivity contribution is 7.16. The van der Waals surface area contributed by atoms with Crippen LogP contribution < -0.4 is 10.6 Å². The lowest BCUT2D eigenvalue weighted by Crippen LogP contribution is -2.46. The number of fused-ring (bicyclic) bond motifs is 2. The van der Waals surface area contributed by atoms with Gasteiger partial charge in [0.1, 0.15) is 16.4 Å². The van der Waals surface area contributed by atoms with Crippen molar-refractivity contribution >= 4 is 33.5 Å². The molecule has 6 nitrogen and oxygen atoms in total. The van der Waals surface area contributed by atoms with Gasteiger partial charge in [-0.05, 0) is 49.1 Å². The molecule has 1 aliphatic carbocycles. The van der Waals surface area contributed by atoms with E-state index >= 15 is 0 Å². The van der Waals surface area contributed by atoms with Crippen molar-refractivity contribution in [1.29, 1.82) is 0 Å². The van der Waals surface area contributed by atoms with E-state index in [0.29, 0.717) is 11.7 Å². The molecule has 0 bridgehead atoms. The molecule has 0 spiro atoms. The normalized spacial score (nSPS) is 17.6. The number of rotatable bonds is 2. The standard InChI is InChI=1S/C19H23N5S.C8H10O/c1-2-6-13(5-1)18-23-16-17(24-11-9-20-10-12-24)21-14-7-3-4-8-15(14)22-19(16)25-18;1-2-7-3-5-8(9)6-4-7/h3-4,7-8,13,20,22H,1-2,5-6,9-12H2;3-6,9H,2H2,1H3. The van der Waals surface area contributed by atoms with E-state index < -0.39 is 0 Å².